The van der Waals surface area contributed by atoms with Crippen molar-refractivity contribution in [3.05, 3.63) is 65.7 Å². The number of hydrogen-bond donors (Lipinski definition) is 1. The van der Waals surface area contributed by atoms with Gasteiger partial charge in [0.05, 0.1) is 0 Å². The molecule has 0 aliphatic carbocycles. The van der Waals surface area contributed by atoms with Crippen molar-refractivity contribution >= 4 is 11.7 Å². The molecule has 2 amide bonds. The number of anilines is 1. The van der Waals surface area contributed by atoms with Crippen molar-refractivity contribution < 1.29 is 4.79 Å². The summed E-state index contributed by atoms with van der Waals surface area (Å²) in [5.41, 5.74) is 3.32. The molecule has 0 spiro atoms. The van der Waals surface area contributed by atoms with E-state index in [9.17, 15) is 4.79 Å². The Hall–Kier alpha value is -2.29. The van der Waals surface area contributed by atoms with Gasteiger partial charge in [-0.1, -0.05) is 42.5 Å². The number of hydrogen-bond acceptors (Lipinski definition) is 1. The van der Waals surface area contributed by atoms with Crippen LogP contribution in [0, 0.1) is 6.92 Å². The molecule has 2 aromatic rings. The Morgan fingerprint density at radius 2 is 2.00 bits per heavy atom. The Bertz CT molecular complexity index is 639. The van der Waals surface area contributed by atoms with E-state index in [0.717, 1.165) is 37.1 Å². The van der Waals surface area contributed by atoms with Gasteiger partial charge in [0.15, 0.2) is 0 Å². The fourth-order valence-electron chi connectivity index (χ4n) is 3.12. The van der Waals surface area contributed by atoms with Crippen LogP contribution in [0.3, 0.4) is 0 Å². The van der Waals surface area contributed by atoms with Gasteiger partial charge in [-0.2, -0.15) is 0 Å². The molecule has 3 heteroatoms. The minimum atomic E-state index is 0.0176. The zero-order chi connectivity index (χ0) is 15.4. The second kappa shape index (κ2) is 6.65. The van der Waals surface area contributed by atoms with Gasteiger partial charge < -0.3 is 10.2 Å². The summed E-state index contributed by atoms with van der Waals surface area (Å²) in [6.07, 6.45) is 3.09. The summed E-state index contributed by atoms with van der Waals surface area (Å²) in [7, 11) is 0. The van der Waals surface area contributed by atoms with E-state index in [1.54, 1.807) is 0 Å². The average Bonchev–Trinajstić information content (AvgIpc) is 2.96. The van der Waals surface area contributed by atoms with Gasteiger partial charge in [0.25, 0.3) is 0 Å². The van der Waals surface area contributed by atoms with Crippen molar-refractivity contribution in [2.24, 2.45) is 0 Å². The van der Waals surface area contributed by atoms with Gasteiger partial charge in [0, 0.05) is 18.3 Å². The van der Waals surface area contributed by atoms with Gasteiger partial charge in [-0.25, -0.2) is 4.79 Å². The lowest BCUT2D eigenvalue weighted by Crippen LogP contribution is -2.39. The average molecular weight is 294 g/mol. The van der Waals surface area contributed by atoms with Crippen LogP contribution >= 0.6 is 0 Å². The highest BCUT2D eigenvalue weighted by atomic mass is 16.2. The van der Waals surface area contributed by atoms with Gasteiger partial charge in [-0.3, -0.25) is 0 Å². The number of urea groups is 1. The summed E-state index contributed by atoms with van der Waals surface area (Å²) in [5, 5.41) is 3.03. The summed E-state index contributed by atoms with van der Waals surface area (Å²) >= 11 is 0. The van der Waals surface area contributed by atoms with Crippen LogP contribution in [0.5, 0.6) is 0 Å². The van der Waals surface area contributed by atoms with Crippen LogP contribution in [-0.4, -0.2) is 23.5 Å². The quantitative estimate of drug-likeness (QED) is 0.902. The monoisotopic (exact) mass is 294 g/mol. The van der Waals surface area contributed by atoms with Gasteiger partial charge >= 0.3 is 6.03 Å². The summed E-state index contributed by atoms with van der Waals surface area (Å²) in [6.45, 7) is 2.87. The molecule has 1 fully saturated rings. The first-order valence-corrected chi connectivity index (χ1v) is 7.90. The third-order valence-electron chi connectivity index (χ3n) is 4.22. The maximum atomic E-state index is 12.5. The van der Waals surface area contributed by atoms with Crippen LogP contribution in [0.1, 0.15) is 24.0 Å². The molecule has 0 aromatic heterocycles. The fraction of sp³-hybridized carbons (Fsp3) is 0.316. The van der Waals surface area contributed by atoms with Crippen LogP contribution < -0.4 is 5.32 Å². The number of benzene rings is 2. The number of carbonyl (C=O) groups is 1. The Balaban J connectivity index is 1.66. The van der Waals surface area contributed by atoms with Crippen LogP contribution in [0.2, 0.25) is 0 Å². The summed E-state index contributed by atoms with van der Waals surface area (Å²) in [6, 6.07) is 18.7. The molecule has 114 valence electrons. The molecule has 1 aliphatic heterocycles. The van der Waals surface area contributed by atoms with E-state index in [0.29, 0.717) is 6.04 Å². The predicted molar refractivity (Wildman–Crippen MR) is 90.1 cm³/mol. The van der Waals surface area contributed by atoms with Crippen LogP contribution in [0.4, 0.5) is 10.5 Å². The zero-order valence-electron chi connectivity index (χ0n) is 13.0. The summed E-state index contributed by atoms with van der Waals surface area (Å²) < 4.78 is 0. The number of amides is 2. The van der Waals surface area contributed by atoms with E-state index in [2.05, 4.69) is 29.6 Å². The Morgan fingerprint density at radius 1 is 1.18 bits per heavy atom. The Kier molecular flexibility index (Phi) is 4.42. The van der Waals surface area contributed by atoms with Crippen molar-refractivity contribution in [3.8, 4) is 0 Å². The molecule has 1 unspecified atom stereocenters. The largest absolute Gasteiger partial charge is 0.322 e. The van der Waals surface area contributed by atoms with E-state index in [4.69, 9.17) is 0 Å². The lowest BCUT2D eigenvalue weighted by atomic mass is 10.0. The standard InChI is InChI=1S/C19H22N2O/c1-15-7-5-10-17(13-15)20-19(22)21-12-6-11-18(21)14-16-8-3-2-4-9-16/h2-5,7-10,13,18H,6,11-12,14H2,1H3,(H,20,22). The molecule has 1 atom stereocenters. The number of rotatable bonds is 3. The first-order valence-electron chi connectivity index (χ1n) is 7.90. The lowest BCUT2D eigenvalue weighted by Gasteiger charge is -2.25. The first kappa shape index (κ1) is 14.6. The van der Waals surface area contributed by atoms with Crippen LogP contribution in [0.25, 0.3) is 0 Å². The smallest absolute Gasteiger partial charge is 0.321 e. The Labute approximate surface area is 132 Å². The maximum absolute atomic E-state index is 12.5. The highest BCUT2D eigenvalue weighted by Gasteiger charge is 2.28. The van der Waals surface area contributed by atoms with Crippen molar-refractivity contribution in [1.29, 1.82) is 0 Å². The molecular formula is C19H22N2O. The second-order valence-electron chi connectivity index (χ2n) is 5.98. The SMILES string of the molecule is Cc1cccc(NC(=O)N2CCCC2Cc2ccccc2)c1. The number of aryl methyl sites for hydroxylation is 1. The molecule has 2 aromatic carbocycles. The third kappa shape index (κ3) is 3.48. The topological polar surface area (TPSA) is 32.3 Å². The van der Waals surface area contributed by atoms with Crippen molar-refractivity contribution in [1.82, 2.24) is 4.90 Å². The van der Waals surface area contributed by atoms with Gasteiger partial charge in [-0.05, 0) is 49.4 Å². The van der Waals surface area contributed by atoms with Gasteiger partial charge in [0.2, 0.25) is 0 Å². The van der Waals surface area contributed by atoms with Gasteiger partial charge in [0.1, 0.15) is 0 Å². The van der Waals surface area contributed by atoms with Crippen molar-refractivity contribution in [2.75, 3.05) is 11.9 Å². The fourth-order valence-corrected chi connectivity index (χ4v) is 3.12. The lowest BCUT2D eigenvalue weighted by molar-refractivity contribution is 0.206. The summed E-state index contributed by atoms with van der Waals surface area (Å²) in [5.74, 6) is 0. The molecule has 3 nitrogen and oxygen atoms in total. The molecule has 1 heterocycles. The van der Waals surface area contributed by atoms with Crippen molar-refractivity contribution in [2.45, 2.75) is 32.2 Å². The number of nitrogens with zero attached hydrogens (tertiary/aromatic N) is 1. The van der Waals surface area contributed by atoms with E-state index in [1.165, 1.54) is 5.56 Å². The second-order valence-corrected chi connectivity index (χ2v) is 5.98. The first-order chi connectivity index (χ1) is 10.7. The minimum absolute atomic E-state index is 0.0176. The van der Waals surface area contributed by atoms with E-state index >= 15 is 0 Å². The highest BCUT2D eigenvalue weighted by Crippen LogP contribution is 2.22. The molecular weight excluding hydrogens is 272 g/mol. The zero-order valence-corrected chi connectivity index (χ0v) is 13.0. The van der Waals surface area contributed by atoms with E-state index in [-0.39, 0.29) is 6.03 Å². The van der Waals surface area contributed by atoms with Crippen LogP contribution in [0.15, 0.2) is 54.6 Å². The summed E-state index contributed by atoms with van der Waals surface area (Å²) in [4.78, 5) is 14.5. The molecule has 1 saturated heterocycles. The minimum Gasteiger partial charge on any atom is -0.321 e. The molecule has 1 N–H and O–H groups in total. The molecule has 0 saturated carbocycles. The normalized spacial score (nSPS) is 17.5. The molecule has 0 bridgehead atoms. The molecule has 0 radical (unpaired) electrons. The number of likely N-dealkylation sites (tertiary alicyclic amines) is 1. The molecule has 3 rings (SSSR count). The molecule has 1 aliphatic rings. The van der Waals surface area contributed by atoms with Crippen molar-refractivity contribution in [3.63, 3.8) is 0 Å². The molecule has 22 heavy (non-hydrogen) atoms. The predicted octanol–water partition coefficient (Wildman–Crippen LogP) is 4.23. The van der Waals surface area contributed by atoms with Crippen LogP contribution in [-0.2, 0) is 6.42 Å². The highest BCUT2D eigenvalue weighted by molar-refractivity contribution is 5.89. The maximum Gasteiger partial charge on any atom is 0.322 e. The third-order valence-corrected chi connectivity index (χ3v) is 4.22. The number of carbonyl (C=O) groups excluding carboxylic acids is 1. The van der Waals surface area contributed by atoms with E-state index in [1.807, 2.05) is 42.2 Å². The van der Waals surface area contributed by atoms with E-state index < -0.39 is 0 Å². The Morgan fingerprint density at radius 3 is 2.77 bits per heavy atom. The number of nitrogens with one attached hydrogen (secondary N) is 1. The van der Waals surface area contributed by atoms with Gasteiger partial charge in [-0.15, -0.1) is 0 Å².